The fraction of sp³-hybridized carbons (Fsp3) is 0.250. The van der Waals surface area contributed by atoms with Gasteiger partial charge in [-0.1, -0.05) is 15.9 Å². The van der Waals surface area contributed by atoms with E-state index in [0.717, 1.165) is 4.47 Å². The Kier molecular flexibility index (Phi) is 5.86. The summed E-state index contributed by atoms with van der Waals surface area (Å²) in [6.07, 6.45) is 0. The number of rotatable bonds is 5. The first-order valence-corrected chi connectivity index (χ1v) is 7.04. The summed E-state index contributed by atoms with van der Waals surface area (Å²) in [6.45, 7) is 1.26. The average Bonchev–Trinajstić information content (AvgIpc) is 2.34. The summed E-state index contributed by atoms with van der Waals surface area (Å²) in [6, 6.07) is 6.20. The Labute approximate surface area is 123 Å². The van der Waals surface area contributed by atoms with Crippen LogP contribution in [0.4, 0.5) is 0 Å². The highest BCUT2D eigenvalue weighted by Crippen LogP contribution is 2.26. The molecule has 0 aliphatic rings. The minimum absolute atomic E-state index is 0.153. The number of amides is 1. The summed E-state index contributed by atoms with van der Waals surface area (Å²) in [5.41, 5.74) is 0.472. The van der Waals surface area contributed by atoms with Gasteiger partial charge in [-0.15, -0.1) is 11.8 Å². The molecule has 0 heterocycles. The Hall–Kier alpha value is -1.52. The zero-order valence-corrected chi connectivity index (χ0v) is 12.4. The van der Waals surface area contributed by atoms with Crippen molar-refractivity contribution in [3.05, 3.63) is 28.2 Å². The van der Waals surface area contributed by atoms with Crippen molar-refractivity contribution < 1.29 is 14.7 Å². The van der Waals surface area contributed by atoms with E-state index in [1.807, 2.05) is 6.07 Å². The molecule has 0 bridgehead atoms. The van der Waals surface area contributed by atoms with Crippen molar-refractivity contribution in [3.8, 4) is 6.07 Å². The van der Waals surface area contributed by atoms with Gasteiger partial charge in [-0.2, -0.15) is 5.26 Å². The van der Waals surface area contributed by atoms with Crippen molar-refractivity contribution in [2.75, 3.05) is 5.75 Å². The number of carboxylic acids is 1. The largest absolute Gasteiger partial charge is 0.480 e. The molecule has 0 aromatic heterocycles. The number of carbonyl (C=O) groups excluding carboxylic acids is 1. The number of hydrogen-bond acceptors (Lipinski definition) is 4. The first-order valence-electron chi connectivity index (χ1n) is 5.26. The van der Waals surface area contributed by atoms with Crippen LogP contribution in [0.5, 0.6) is 0 Å². The van der Waals surface area contributed by atoms with Crippen LogP contribution in [0.25, 0.3) is 0 Å². The van der Waals surface area contributed by atoms with Crippen LogP contribution < -0.4 is 5.32 Å². The topological polar surface area (TPSA) is 90.2 Å². The molecular formula is C12H11BrN2O3S. The number of carbonyl (C=O) groups is 2. The van der Waals surface area contributed by atoms with Crippen molar-refractivity contribution in [1.29, 1.82) is 5.26 Å². The van der Waals surface area contributed by atoms with Gasteiger partial charge in [0.05, 0.1) is 5.56 Å². The minimum Gasteiger partial charge on any atom is -0.480 e. The van der Waals surface area contributed by atoms with E-state index in [1.165, 1.54) is 18.7 Å². The van der Waals surface area contributed by atoms with Crippen LogP contribution in [-0.2, 0) is 9.59 Å². The minimum atomic E-state index is -1.10. The molecular weight excluding hydrogens is 332 g/mol. The molecule has 5 nitrogen and oxygen atoms in total. The summed E-state index contributed by atoms with van der Waals surface area (Å²) in [7, 11) is 0. The molecule has 0 aliphatic heterocycles. The van der Waals surface area contributed by atoms with Crippen LogP contribution >= 0.6 is 27.7 Å². The van der Waals surface area contributed by atoms with E-state index in [1.54, 1.807) is 18.2 Å². The molecule has 0 radical (unpaired) electrons. The van der Waals surface area contributed by atoms with Crippen LogP contribution in [0.15, 0.2) is 27.6 Å². The number of nitriles is 1. The molecule has 7 heteroatoms. The SMILES string of the molecule is CC(=O)N[C@@H](CSc1cc(Br)ccc1C#N)C(=O)O. The molecule has 0 spiro atoms. The van der Waals surface area contributed by atoms with Gasteiger partial charge in [-0.05, 0) is 18.2 Å². The second-order valence-electron chi connectivity index (χ2n) is 3.65. The molecule has 0 saturated heterocycles. The molecule has 19 heavy (non-hydrogen) atoms. The molecule has 0 saturated carbocycles. The summed E-state index contributed by atoms with van der Waals surface area (Å²) < 4.78 is 0.806. The second-order valence-corrected chi connectivity index (χ2v) is 5.63. The normalized spacial score (nSPS) is 11.4. The van der Waals surface area contributed by atoms with Crippen molar-refractivity contribution in [1.82, 2.24) is 5.32 Å². The Morgan fingerprint density at radius 2 is 2.26 bits per heavy atom. The van der Waals surface area contributed by atoms with Gasteiger partial charge >= 0.3 is 5.97 Å². The fourth-order valence-electron chi connectivity index (χ4n) is 1.30. The van der Waals surface area contributed by atoms with Gasteiger partial charge in [0, 0.05) is 22.0 Å². The van der Waals surface area contributed by atoms with Crippen LogP contribution in [0.1, 0.15) is 12.5 Å². The molecule has 1 aromatic rings. The van der Waals surface area contributed by atoms with E-state index in [0.29, 0.717) is 10.5 Å². The predicted molar refractivity (Wildman–Crippen MR) is 74.8 cm³/mol. The number of nitrogens with zero attached hydrogens (tertiary/aromatic N) is 1. The first kappa shape index (κ1) is 15.5. The fourth-order valence-corrected chi connectivity index (χ4v) is 2.87. The van der Waals surface area contributed by atoms with Gasteiger partial charge in [0.25, 0.3) is 0 Å². The number of halogens is 1. The number of benzene rings is 1. The molecule has 2 N–H and O–H groups in total. The van der Waals surface area contributed by atoms with Gasteiger partial charge < -0.3 is 10.4 Å². The van der Waals surface area contributed by atoms with Crippen LogP contribution in [0.3, 0.4) is 0 Å². The lowest BCUT2D eigenvalue weighted by atomic mass is 10.2. The van der Waals surface area contributed by atoms with Crippen molar-refractivity contribution in [2.45, 2.75) is 17.9 Å². The third-order valence-electron chi connectivity index (χ3n) is 2.15. The predicted octanol–water partition coefficient (Wildman–Crippen LogP) is 2.00. The van der Waals surface area contributed by atoms with Gasteiger partial charge in [0.15, 0.2) is 0 Å². The number of nitrogens with one attached hydrogen (secondary N) is 1. The lowest BCUT2D eigenvalue weighted by Gasteiger charge is -2.13. The molecule has 100 valence electrons. The third-order valence-corrected chi connectivity index (χ3v) is 3.79. The van der Waals surface area contributed by atoms with Gasteiger partial charge in [-0.25, -0.2) is 4.79 Å². The maximum absolute atomic E-state index is 11.0. The first-order chi connectivity index (χ1) is 8.93. The molecule has 0 aliphatic carbocycles. The maximum atomic E-state index is 11.0. The van der Waals surface area contributed by atoms with E-state index < -0.39 is 17.9 Å². The van der Waals surface area contributed by atoms with Crippen molar-refractivity contribution in [2.24, 2.45) is 0 Å². The summed E-state index contributed by atoms with van der Waals surface area (Å²) in [5.74, 6) is -1.35. The summed E-state index contributed by atoms with van der Waals surface area (Å²) >= 11 is 4.51. The maximum Gasteiger partial charge on any atom is 0.327 e. The van der Waals surface area contributed by atoms with E-state index in [4.69, 9.17) is 10.4 Å². The van der Waals surface area contributed by atoms with Crippen molar-refractivity contribution >= 4 is 39.6 Å². The van der Waals surface area contributed by atoms with Gasteiger partial charge in [-0.3, -0.25) is 4.79 Å². The molecule has 1 rings (SSSR count). The standard InChI is InChI=1S/C12H11BrN2O3S/c1-7(16)15-10(12(17)18)6-19-11-4-9(13)3-2-8(11)5-14/h2-4,10H,6H2,1H3,(H,15,16)(H,17,18)/t10-/m0/s1. The average molecular weight is 343 g/mol. The molecule has 1 aromatic carbocycles. The monoisotopic (exact) mass is 342 g/mol. The Morgan fingerprint density at radius 3 is 2.79 bits per heavy atom. The number of carboxylic acid groups (broad SMARTS) is 1. The quantitative estimate of drug-likeness (QED) is 0.798. The van der Waals surface area contributed by atoms with Gasteiger partial charge in [0.2, 0.25) is 5.91 Å². The van der Waals surface area contributed by atoms with E-state index >= 15 is 0 Å². The molecule has 1 atom stereocenters. The van der Waals surface area contributed by atoms with Crippen molar-refractivity contribution in [3.63, 3.8) is 0 Å². The molecule has 0 fully saturated rings. The van der Waals surface area contributed by atoms with E-state index in [2.05, 4.69) is 21.2 Å². The van der Waals surface area contributed by atoms with Crippen LogP contribution in [-0.4, -0.2) is 28.8 Å². The lowest BCUT2D eigenvalue weighted by Crippen LogP contribution is -2.41. The van der Waals surface area contributed by atoms with Crippen LogP contribution in [0, 0.1) is 11.3 Å². The van der Waals surface area contributed by atoms with E-state index in [-0.39, 0.29) is 5.75 Å². The van der Waals surface area contributed by atoms with E-state index in [9.17, 15) is 9.59 Å². The second kappa shape index (κ2) is 7.16. The highest BCUT2D eigenvalue weighted by Gasteiger charge is 2.19. The third kappa shape index (κ3) is 4.93. The van der Waals surface area contributed by atoms with Crippen LogP contribution in [0.2, 0.25) is 0 Å². The smallest absolute Gasteiger partial charge is 0.327 e. The molecule has 0 unspecified atom stereocenters. The zero-order valence-electron chi connectivity index (χ0n) is 10.0. The summed E-state index contributed by atoms with van der Waals surface area (Å²) in [4.78, 5) is 22.6. The number of aliphatic carboxylic acids is 1. The zero-order chi connectivity index (χ0) is 14.4. The highest BCUT2D eigenvalue weighted by molar-refractivity contribution is 9.10. The molecule has 1 amide bonds. The van der Waals surface area contributed by atoms with Gasteiger partial charge in [0.1, 0.15) is 12.1 Å². The lowest BCUT2D eigenvalue weighted by molar-refractivity contribution is -0.140. The summed E-state index contributed by atoms with van der Waals surface area (Å²) in [5, 5.41) is 20.3. The Balaban J connectivity index is 2.79. The number of thioether (sulfide) groups is 1. The number of hydrogen-bond donors (Lipinski definition) is 2. The highest BCUT2D eigenvalue weighted by atomic mass is 79.9. The Bertz CT molecular complexity index is 542. The Morgan fingerprint density at radius 1 is 1.58 bits per heavy atom.